The van der Waals surface area contributed by atoms with Crippen LogP contribution in [0.2, 0.25) is 5.32 Å². The molecule has 1 unspecified atom stereocenters. The molecule has 1 aliphatic rings. The molecular weight excluding hydrogens is 263 g/mol. The summed E-state index contributed by atoms with van der Waals surface area (Å²) in [7, 11) is 0. The summed E-state index contributed by atoms with van der Waals surface area (Å²) in [5, 5.41) is 3.61. The summed E-state index contributed by atoms with van der Waals surface area (Å²) in [4.78, 5) is 3.71. The molecule has 0 spiro atoms. The second-order valence-electron chi connectivity index (χ2n) is 2.60. The van der Waals surface area contributed by atoms with Crippen molar-refractivity contribution in [2.45, 2.75) is 14.8 Å². The van der Waals surface area contributed by atoms with E-state index in [0.29, 0.717) is 0 Å². The Labute approximate surface area is 93.7 Å². The molecule has 0 aliphatic carbocycles. The number of hydrogen-bond donors (Lipinski definition) is 0. The Kier molecular flexibility index (Phi) is 3.86. The van der Waals surface area contributed by atoms with E-state index in [1.165, 1.54) is 10.2 Å². The van der Waals surface area contributed by atoms with Crippen LogP contribution in [-0.4, -0.2) is 19.5 Å². The molecular formula is C10H10S2Se. The molecule has 13 heavy (non-hydrogen) atoms. The van der Waals surface area contributed by atoms with E-state index in [9.17, 15) is 0 Å². The van der Waals surface area contributed by atoms with Crippen molar-refractivity contribution >= 4 is 38.5 Å². The molecule has 68 valence electrons. The number of thioether (sulfide) groups is 2. The van der Waals surface area contributed by atoms with Gasteiger partial charge in [0.2, 0.25) is 0 Å². The van der Waals surface area contributed by atoms with Crippen molar-refractivity contribution in [2.75, 3.05) is 0 Å². The van der Waals surface area contributed by atoms with Crippen molar-refractivity contribution in [1.82, 2.24) is 0 Å². The molecule has 3 heteroatoms. The van der Waals surface area contributed by atoms with Gasteiger partial charge in [-0.15, -0.1) is 0 Å². The third kappa shape index (κ3) is 3.10. The van der Waals surface area contributed by atoms with Gasteiger partial charge in [0.1, 0.15) is 0 Å². The van der Waals surface area contributed by atoms with Crippen molar-refractivity contribution in [3.8, 4) is 0 Å². The quantitative estimate of drug-likeness (QED) is 0.757. The molecule has 0 saturated heterocycles. The zero-order valence-electron chi connectivity index (χ0n) is 7.05. The second-order valence-corrected chi connectivity index (χ2v) is 7.26. The molecule has 0 saturated carbocycles. The predicted molar refractivity (Wildman–Crippen MR) is 63.4 cm³/mol. The topological polar surface area (TPSA) is 0 Å². The summed E-state index contributed by atoms with van der Waals surface area (Å²) in [6, 6.07) is 10.7. The second kappa shape index (κ2) is 5.16. The normalized spacial score (nSPS) is 21.7. The van der Waals surface area contributed by atoms with Crippen molar-refractivity contribution in [2.24, 2.45) is 0 Å². The van der Waals surface area contributed by atoms with Gasteiger partial charge in [-0.2, -0.15) is 0 Å². The van der Waals surface area contributed by atoms with Gasteiger partial charge in [0.05, 0.1) is 0 Å². The maximum atomic E-state index is 2.32. The fraction of sp³-hybridized carbons (Fsp3) is 0.200. The average molecular weight is 273 g/mol. The molecule has 0 amide bonds. The van der Waals surface area contributed by atoms with E-state index in [0.717, 1.165) is 19.5 Å². The molecule has 1 aromatic rings. The van der Waals surface area contributed by atoms with E-state index in [1.54, 1.807) is 0 Å². The molecule has 0 nitrogen and oxygen atoms in total. The van der Waals surface area contributed by atoms with Crippen LogP contribution in [0.3, 0.4) is 0 Å². The van der Waals surface area contributed by atoms with Crippen molar-refractivity contribution in [3.63, 3.8) is 0 Å². The molecule has 0 N–H and O–H groups in total. The summed E-state index contributed by atoms with van der Waals surface area (Å²) in [6.07, 6.45) is 0. The fourth-order valence-corrected chi connectivity index (χ4v) is 6.08. The van der Waals surface area contributed by atoms with Crippen LogP contribution in [-0.2, 0) is 0 Å². The Morgan fingerprint density at radius 1 is 1.31 bits per heavy atom. The summed E-state index contributed by atoms with van der Waals surface area (Å²) in [6.45, 7) is 0. The molecule has 0 fully saturated rings. The molecule has 0 aromatic heterocycles. The first-order chi connectivity index (χ1) is 6.45. The van der Waals surface area contributed by atoms with Gasteiger partial charge in [0.15, 0.2) is 0 Å². The van der Waals surface area contributed by atoms with Gasteiger partial charge >= 0.3 is 94.0 Å². The van der Waals surface area contributed by atoms with Crippen LogP contribution in [0.5, 0.6) is 0 Å². The monoisotopic (exact) mass is 274 g/mol. The minimum absolute atomic E-state index is 0.734. The van der Waals surface area contributed by atoms with Crippen molar-refractivity contribution in [3.05, 3.63) is 40.7 Å². The molecule has 1 atom stereocenters. The number of rotatable bonds is 2. The summed E-state index contributed by atoms with van der Waals surface area (Å²) in [5.41, 5.74) is 0. The SMILES string of the molecule is C1=C[Se]CC(Sc2ccccc2)S1. The van der Waals surface area contributed by atoms with Crippen LogP contribution in [0.1, 0.15) is 0 Å². The Morgan fingerprint density at radius 3 is 2.85 bits per heavy atom. The first kappa shape index (κ1) is 9.72. The van der Waals surface area contributed by atoms with Crippen LogP contribution in [0.25, 0.3) is 0 Å². The molecule has 0 bridgehead atoms. The molecule has 0 radical (unpaired) electrons. The Balaban J connectivity index is 1.94. The molecule has 1 heterocycles. The minimum atomic E-state index is 0.734. The first-order valence-corrected chi connectivity index (χ1v) is 8.11. The van der Waals surface area contributed by atoms with Gasteiger partial charge in [-0.05, 0) is 0 Å². The van der Waals surface area contributed by atoms with Crippen LogP contribution < -0.4 is 0 Å². The summed E-state index contributed by atoms with van der Waals surface area (Å²) >= 11 is 4.68. The van der Waals surface area contributed by atoms with Gasteiger partial charge in [-0.1, -0.05) is 0 Å². The first-order valence-electron chi connectivity index (χ1n) is 4.09. The van der Waals surface area contributed by atoms with E-state index in [-0.39, 0.29) is 0 Å². The molecule has 1 aromatic carbocycles. The number of benzene rings is 1. The zero-order chi connectivity index (χ0) is 8.93. The number of hydrogen-bond acceptors (Lipinski definition) is 2. The maximum absolute atomic E-state index is 2.32. The molecule has 1 aliphatic heterocycles. The zero-order valence-corrected chi connectivity index (χ0v) is 10.4. The van der Waals surface area contributed by atoms with Crippen LogP contribution >= 0.6 is 23.5 Å². The Hall–Kier alpha value is 0.179. The van der Waals surface area contributed by atoms with E-state index < -0.39 is 0 Å². The molecule has 2 rings (SSSR count). The van der Waals surface area contributed by atoms with E-state index in [2.05, 4.69) is 40.7 Å². The predicted octanol–water partition coefficient (Wildman–Crippen LogP) is 3.45. The summed E-state index contributed by atoms with van der Waals surface area (Å²) in [5.74, 6) is 0. The van der Waals surface area contributed by atoms with E-state index in [1.807, 2.05) is 23.5 Å². The Bertz CT molecular complexity index is 284. The Morgan fingerprint density at radius 2 is 2.15 bits per heavy atom. The van der Waals surface area contributed by atoms with Gasteiger partial charge in [0, 0.05) is 0 Å². The van der Waals surface area contributed by atoms with Gasteiger partial charge in [-0.25, -0.2) is 0 Å². The van der Waals surface area contributed by atoms with Crippen molar-refractivity contribution in [1.29, 1.82) is 0 Å². The van der Waals surface area contributed by atoms with Crippen LogP contribution in [0.15, 0.2) is 45.6 Å². The van der Waals surface area contributed by atoms with Gasteiger partial charge in [0.25, 0.3) is 0 Å². The third-order valence-electron chi connectivity index (χ3n) is 1.63. The average Bonchev–Trinajstić information content (AvgIpc) is 2.21. The summed E-state index contributed by atoms with van der Waals surface area (Å²) < 4.78 is 0.743. The fourth-order valence-electron chi connectivity index (χ4n) is 1.05. The van der Waals surface area contributed by atoms with Crippen molar-refractivity contribution < 1.29 is 0 Å². The third-order valence-corrected chi connectivity index (χ3v) is 7.12. The van der Waals surface area contributed by atoms with Crippen LogP contribution in [0, 0.1) is 0 Å². The van der Waals surface area contributed by atoms with Crippen LogP contribution in [0.4, 0.5) is 0 Å². The van der Waals surface area contributed by atoms with Gasteiger partial charge < -0.3 is 0 Å². The van der Waals surface area contributed by atoms with E-state index >= 15 is 0 Å². The standard InChI is InChI=1S/C10H10S2Se/c1-2-4-9(5-3-1)12-10-8-13-7-6-11-10/h1-7,10H,8H2. The van der Waals surface area contributed by atoms with Gasteiger partial charge in [-0.3, -0.25) is 0 Å². The van der Waals surface area contributed by atoms with E-state index in [4.69, 9.17) is 0 Å².